The summed E-state index contributed by atoms with van der Waals surface area (Å²) in [7, 11) is 0. The number of hydrogen-bond acceptors (Lipinski definition) is 6. The van der Waals surface area contributed by atoms with Gasteiger partial charge in [-0.1, -0.05) is 19.0 Å². The highest BCUT2D eigenvalue weighted by atomic mass is 16.5. The first-order chi connectivity index (χ1) is 12.5. The van der Waals surface area contributed by atoms with Crippen molar-refractivity contribution in [2.45, 2.75) is 64.4 Å². The van der Waals surface area contributed by atoms with Crippen molar-refractivity contribution in [1.82, 2.24) is 15.0 Å². The van der Waals surface area contributed by atoms with Gasteiger partial charge < -0.3 is 18.9 Å². The standard InChI is InChI=1S/C19H31N3O4/c1-4-24-13-17(23)22-8-6-19(7-9-22)12-15(5-10-25-19)11-16-20-18(14(2)3)26-21-16/h14-15H,4-13H2,1-3H3. The minimum Gasteiger partial charge on any atom is -0.375 e. The zero-order valence-corrected chi connectivity index (χ0v) is 16.2. The molecule has 0 N–H and O–H groups in total. The fraction of sp³-hybridized carbons (Fsp3) is 0.842. The Labute approximate surface area is 155 Å². The SMILES string of the molecule is CCOCC(=O)N1CCC2(CC1)CC(Cc1noc(C(C)C)n1)CCO2. The second-order valence-corrected chi connectivity index (χ2v) is 7.82. The molecular weight excluding hydrogens is 334 g/mol. The smallest absolute Gasteiger partial charge is 0.248 e. The van der Waals surface area contributed by atoms with Crippen LogP contribution in [0.4, 0.5) is 0 Å². The van der Waals surface area contributed by atoms with Gasteiger partial charge >= 0.3 is 0 Å². The van der Waals surface area contributed by atoms with Gasteiger partial charge in [0.25, 0.3) is 0 Å². The van der Waals surface area contributed by atoms with Crippen LogP contribution in [-0.2, 0) is 20.7 Å². The van der Waals surface area contributed by atoms with Gasteiger partial charge in [-0.25, -0.2) is 0 Å². The van der Waals surface area contributed by atoms with Gasteiger partial charge in [0, 0.05) is 38.6 Å². The van der Waals surface area contributed by atoms with Crippen LogP contribution in [0.1, 0.15) is 64.1 Å². The number of hydrogen-bond donors (Lipinski definition) is 0. The van der Waals surface area contributed by atoms with Crippen molar-refractivity contribution >= 4 is 5.91 Å². The Hall–Kier alpha value is -1.47. The second kappa shape index (κ2) is 8.48. The molecule has 146 valence electrons. The van der Waals surface area contributed by atoms with E-state index in [1.165, 1.54) is 0 Å². The van der Waals surface area contributed by atoms with Crippen molar-refractivity contribution in [2.75, 3.05) is 32.9 Å². The summed E-state index contributed by atoms with van der Waals surface area (Å²) in [6, 6.07) is 0. The van der Waals surface area contributed by atoms with Gasteiger partial charge in [-0.05, 0) is 38.5 Å². The van der Waals surface area contributed by atoms with E-state index in [9.17, 15) is 4.79 Å². The molecule has 26 heavy (non-hydrogen) atoms. The summed E-state index contributed by atoms with van der Waals surface area (Å²) in [5, 5.41) is 4.14. The molecule has 2 saturated heterocycles. The molecule has 2 aliphatic rings. The van der Waals surface area contributed by atoms with E-state index < -0.39 is 0 Å². The minimum absolute atomic E-state index is 0.0853. The maximum absolute atomic E-state index is 12.1. The molecule has 1 atom stereocenters. The second-order valence-electron chi connectivity index (χ2n) is 7.82. The van der Waals surface area contributed by atoms with Crippen molar-refractivity contribution in [3.05, 3.63) is 11.7 Å². The fourth-order valence-electron chi connectivity index (χ4n) is 3.94. The third-order valence-electron chi connectivity index (χ3n) is 5.50. The van der Waals surface area contributed by atoms with Gasteiger partial charge in [0.1, 0.15) is 6.61 Å². The van der Waals surface area contributed by atoms with E-state index in [-0.39, 0.29) is 24.0 Å². The molecule has 0 bridgehead atoms. The Morgan fingerprint density at radius 1 is 1.38 bits per heavy atom. The molecule has 1 aromatic heterocycles. The van der Waals surface area contributed by atoms with Gasteiger partial charge in [0.15, 0.2) is 5.82 Å². The van der Waals surface area contributed by atoms with Crippen LogP contribution in [0.15, 0.2) is 4.52 Å². The van der Waals surface area contributed by atoms with E-state index >= 15 is 0 Å². The first-order valence-corrected chi connectivity index (χ1v) is 9.83. The van der Waals surface area contributed by atoms with E-state index in [1.54, 1.807) is 0 Å². The monoisotopic (exact) mass is 365 g/mol. The largest absolute Gasteiger partial charge is 0.375 e. The maximum atomic E-state index is 12.1. The third-order valence-corrected chi connectivity index (χ3v) is 5.50. The fourth-order valence-corrected chi connectivity index (χ4v) is 3.94. The number of piperidine rings is 1. The normalized spacial score (nSPS) is 22.9. The summed E-state index contributed by atoms with van der Waals surface area (Å²) in [6.45, 7) is 9.04. The third kappa shape index (κ3) is 4.62. The van der Waals surface area contributed by atoms with Crippen molar-refractivity contribution < 1.29 is 18.8 Å². The molecule has 3 heterocycles. The predicted molar refractivity (Wildman–Crippen MR) is 95.8 cm³/mol. The van der Waals surface area contributed by atoms with Crippen LogP contribution in [0.2, 0.25) is 0 Å². The van der Waals surface area contributed by atoms with Crippen LogP contribution < -0.4 is 0 Å². The quantitative estimate of drug-likeness (QED) is 0.771. The van der Waals surface area contributed by atoms with E-state index in [0.29, 0.717) is 18.4 Å². The lowest BCUT2D eigenvalue weighted by Gasteiger charge is -2.46. The summed E-state index contributed by atoms with van der Waals surface area (Å²) in [6.07, 6.45) is 4.66. The highest BCUT2D eigenvalue weighted by Gasteiger charge is 2.41. The average Bonchev–Trinajstić information content (AvgIpc) is 3.09. The highest BCUT2D eigenvalue weighted by Crippen LogP contribution is 2.38. The lowest BCUT2D eigenvalue weighted by atomic mass is 9.78. The van der Waals surface area contributed by atoms with Crippen LogP contribution in [0.25, 0.3) is 0 Å². The molecule has 1 amide bonds. The Balaban J connectivity index is 1.52. The first kappa shape index (κ1) is 19.3. The number of carbonyl (C=O) groups is 1. The molecule has 0 aromatic carbocycles. The van der Waals surface area contributed by atoms with E-state index in [4.69, 9.17) is 14.0 Å². The zero-order valence-electron chi connectivity index (χ0n) is 16.2. The molecule has 1 spiro atoms. The molecule has 1 unspecified atom stereocenters. The lowest BCUT2D eigenvalue weighted by Crippen LogP contribution is -2.51. The van der Waals surface area contributed by atoms with E-state index in [1.807, 2.05) is 11.8 Å². The molecule has 2 aliphatic heterocycles. The van der Waals surface area contributed by atoms with Crippen molar-refractivity contribution in [3.63, 3.8) is 0 Å². The van der Waals surface area contributed by atoms with E-state index in [2.05, 4.69) is 24.0 Å². The van der Waals surface area contributed by atoms with E-state index in [0.717, 1.165) is 57.6 Å². The average molecular weight is 365 g/mol. The van der Waals surface area contributed by atoms with Gasteiger partial charge in [0.05, 0.1) is 5.60 Å². The van der Waals surface area contributed by atoms with Crippen molar-refractivity contribution in [2.24, 2.45) is 5.92 Å². The number of carbonyl (C=O) groups excluding carboxylic acids is 1. The van der Waals surface area contributed by atoms with Crippen LogP contribution >= 0.6 is 0 Å². The molecule has 0 radical (unpaired) electrons. The molecule has 7 heteroatoms. The van der Waals surface area contributed by atoms with Gasteiger partial charge in [-0.15, -0.1) is 0 Å². The van der Waals surface area contributed by atoms with Crippen LogP contribution in [0.5, 0.6) is 0 Å². The maximum Gasteiger partial charge on any atom is 0.248 e. The Morgan fingerprint density at radius 3 is 2.81 bits per heavy atom. The number of ether oxygens (including phenoxy) is 2. The number of aromatic nitrogens is 2. The molecule has 3 rings (SSSR count). The van der Waals surface area contributed by atoms with Crippen LogP contribution in [0, 0.1) is 5.92 Å². The number of amides is 1. The van der Waals surface area contributed by atoms with Crippen LogP contribution in [-0.4, -0.2) is 59.5 Å². The van der Waals surface area contributed by atoms with Gasteiger partial charge in [-0.2, -0.15) is 4.98 Å². The van der Waals surface area contributed by atoms with Crippen molar-refractivity contribution in [1.29, 1.82) is 0 Å². The predicted octanol–water partition coefficient (Wildman–Crippen LogP) is 2.56. The molecular formula is C19H31N3O4. The molecule has 0 saturated carbocycles. The summed E-state index contributed by atoms with van der Waals surface area (Å²) in [5.41, 5.74) is -0.101. The zero-order chi connectivity index (χ0) is 18.6. The summed E-state index contributed by atoms with van der Waals surface area (Å²) >= 11 is 0. The number of likely N-dealkylation sites (tertiary alicyclic amines) is 1. The van der Waals surface area contributed by atoms with Gasteiger partial charge in [-0.3, -0.25) is 4.79 Å². The molecule has 1 aromatic rings. The topological polar surface area (TPSA) is 77.7 Å². The minimum atomic E-state index is -0.101. The Morgan fingerprint density at radius 2 is 2.15 bits per heavy atom. The molecule has 2 fully saturated rings. The first-order valence-electron chi connectivity index (χ1n) is 9.83. The summed E-state index contributed by atoms with van der Waals surface area (Å²) < 4.78 is 16.8. The number of rotatable bonds is 6. The lowest BCUT2D eigenvalue weighted by molar-refractivity contribution is -0.150. The highest BCUT2D eigenvalue weighted by molar-refractivity contribution is 5.77. The van der Waals surface area contributed by atoms with Gasteiger partial charge in [0.2, 0.25) is 11.8 Å². The Bertz CT molecular complexity index is 593. The molecule has 0 aliphatic carbocycles. The number of nitrogens with zero attached hydrogens (tertiary/aromatic N) is 3. The summed E-state index contributed by atoms with van der Waals surface area (Å²) in [5.74, 6) is 2.37. The Kier molecular flexibility index (Phi) is 6.29. The van der Waals surface area contributed by atoms with Crippen molar-refractivity contribution in [3.8, 4) is 0 Å². The van der Waals surface area contributed by atoms with Crippen LogP contribution in [0.3, 0.4) is 0 Å². The summed E-state index contributed by atoms with van der Waals surface area (Å²) in [4.78, 5) is 18.5. The molecule has 7 nitrogen and oxygen atoms in total.